The number of ketones is 1. The van der Waals surface area contributed by atoms with Crippen molar-refractivity contribution in [1.82, 2.24) is 0 Å². The van der Waals surface area contributed by atoms with Gasteiger partial charge in [0.1, 0.15) is 5.92 Å². The van der Waals surface area contributed by atoms with Crippen molar-refractivity contribution in [3.8, 4) is 0 Å². The average Bonchev–Trinajstić information content (AvgIpc) is 2.28. The predicted octanol–water partition coefficient (Wildman–Crippen LogP) is 3.36. The van der Waals surface area contributed by atoms with E-state index in [-0.39, 0.29) is 18.3 Å². The van der Waals surface area contributed by atoms with Crippen LogP contribution in [-0.4, -0.2) is 18.4 Å². The summed E-state index contributed by atoms with van der Waals surface area (Å²) in [6.45, 7) is 5.64. The Morgan fingerprint density at radius 2 is 2.00 bits per heavy atom. The summed E-state index contributed by atoms with van der Waals surface area (Å²) in [4.78, 5) is 24.1. The molecule has 1 aromatic rings. The van der Waals surface area contributed by atoms with Crippen molar-refractivity contribution in [2.24, 2.45) is 11.8 Å². The van der Waals surface area contributed by atoms with Gasteiger partial charge in [-0.1, -0.05) is 37.6 Å². The van der Waals surface area contributed by atoms with Gasteiger partial charge in [-0.3, -0.25) is 9.59 Å². The summed E-state index contributed by atoms with van der Waals surface area (Å²) in [5, 5.41) is 0.479. The zero-order valence-corrected chi connectivity index (χ0v) is 11.5. The van der Waals surface area contributed by atoms with Crippen LogP contribution in [0.5, 0.6) is 0 Å². The van der Waals surface area contributed by atoms with Crippen molar-refractivity contribution in [3.63, 3.8) is 0 Å². The first kappa shape index (κ1) is 14.7. The fourth-order valence-corrected chi connectivity index (χ4v) is 1.93. The third kappa shape index (κ3) is 3.57. The zero-order chi connectivity index (χ0) is 13.7. The Bertz CT molecular complexity index is 440. The summed E-state index contributed by atoms with van der Waals surface area (Å²) in [6.07, 6.45) is 0. The van der Waals surface area contributed by atoms with Gasteiger partial charge in [0, 0.05) is 10.6 Å². The average molecular weight is 269 g/mol. The Labute approximate surface area is 112 Å². The van der Waals surface area contributed by atoms with Crippen molar-refractivity contribution in [1.29, 1.82) is 0 Å². The van der Waals surface area contributed by atoms with Gasteiger partial charge in [0.05, 0.1) is 6.61 Å². The van der Waals surface area contributed by atoms with E-state index in [1.165, 1.54) is 0 Å². The molecular formula is C14H17ClO3. The number of benzene rings is 1. The van der Waals surface area contributed by atoms with Gasteiger partial charge in [0.2, 0.25) is 0 Å². The van der Waals surface area contributed by atoms with E-state index in [1.54, 1.807) is 31.2 Å². The van der Waals surface area contributed by atoms with Gasteiger partial charge in [-0.05, 0) is 25.0 Å². The molecule has 0 amide bonds. The van der Waals surface area contributed by atoms with Gasteiger partial charge in [0.25, 0.3) is 0 Å². The third-order valence-corrected chi connectivity index (χ3v) is 2.83. The van der Waals surface area contributed by atoms with E-state index >= 15 is 0 Å². The maximum absolute atomic E-state index is 12.3. The van der Waals surface area contributed by atoms with Gasteiger partial charge in [-0.15, -0.1) is 0 Å². The summed E-state index contributed by atoms with van der Waals surface area (Å²) in [6, 6.07) is 6.60. The molecule has 1 atom stereocenters. The molecule has 0 fully saturated rings. The molecule has 0 aliphatic heterocycles. The van der Waals surface area contributed by atoms with Crippen LogP contribution in [0.1, 0.15) is 31.1 Å². The molecule has 0 spiro atoms. The van der Waals surface area contributed by atoms with Crippen LogP contribution >= 0.6 is 11.6 Å². The highest BCUT2D eigenvalue weighted by molar-refractivity contribution is 6.31. The van der Waals surface area contributed by atoms with Crippen molar-refractivity contribution in [2.75, 3.05) is 6.61 Å². The lowest BCUT2D eigenvalue weighted by Crippen LogP contribution is -2.30. The summed E-state index contributed by atoms with van der Waals surface area (Å²) in [7, 11) is 0. The molecule has 98 valence electrons. The fraction of sp³-hybridized carbons (Fsp3) is 0.429. The normalized spacial score (nSPS) is 12.3. The molecule has 0 saturated heterocycles. The third-order valence-electron chi connectivity index (χ3n) is 2.60. The number of rotatable bonds is 5. The molecule has 0 unspecified atom stereocenters. The molecule has 0 N–H and O–H groups in total. The molecular weight excluding hydrogens is 252 g/mol. The molecule has 0 radical (unpaired) electrons. The minimum atomic E-state index is -0.775. The Kier molecular flexibility index (Phi) is 5.35. The highest BCUT2D eigenvalue weighted by atomic mass is 35.5. The van der Waals surface area contributed by atoms with Gasteiger partial charge in [-0.2, -0.15) is 0 Å². The van der Waals surface area contributed by atoms with Crippen LogP contribution < -0.4 is 0 Å². The van der Waals surface area contributed by atoms with Crippen LogP contribution in [-0.2, 0) is 9.53 Å². The molecule has 3 nitrogen and oxygen atoms in total. The monoisotopic (exact) mass is 268 g/mol. The number of hydrogen-bond acceptors (Lipinski definition) is 3. The molecule has 0 aliphatic carbocycles. The van der Waals surface area contributed by atoms with E-state index in [4.69, 9.17) is 16.3 Å². The van der Waals surface area contributed by atoms with Crippen LogP contribution in [0.25, 0.3) is 0 Å². The number of carbonyl (C=O) groups is 2. The molecule has 18 heavy (non-hydrogen) atoms. The molecule has 0 bridgehead atoms. The van der Waals surface area contributed by atoms with Crippen molar-refractivity contribution in [2.45, 2.75) is 20.8 Å². The second-order valence-corrected chi connectivity index (χ2v) is 4.78. The van der Waals surface area contributed by atoms with E-state index in [0.717, 1.165) is 0 Å². The van der Waals surface area contributed by atoms with E-state index in [2.05, 4.69) is 0 Å². The van der Waals surface area contributed by atoms with Crippen LogP contribution in [0.15, 0.2) is 24.3 Å². The fourth-order valence-electron chi connectivity index (χ4n) is 1.74. The quantitative estimate of drug-likeness (QED) is 0.467. The smallest absolute Gasteiger partial charge is 0.317 e. The number of ether oxygens (including phenoxy) is 1. The van der Waals surface area contributed by atoms with Gasteiger partial charge in [0.15, 0.2) is 5.78 Å². The summed E-state index contributed by atoms with van der Waals surface area (Å²) in [5.74, 6) is -1.61. The van der Waals surface area contributed by atoms with Crippen LogP contribution in [0.3, 0.4) is 0 Å². The van der Waals surface area contributed by atoms with E-state index in [1.807, 2.05) is 13.8 Å². The minimum Gasteiger partial charge on any atom is -0.465 e. The van der Waals surface area contributed by atoms with Gasteiger partial charge >= 0.3 is 5.97 Å². The Morgan fingerprint density at radius 3 is 2.50 bits per heavy atom. The molecule has 1 rings (SSSR count). The molecule has 0 saturated carbocycles. The number of halogens is 1. The first-order chi connectivity index (χ1) is 8.47. The second-order valence-electron chi connectivity index (χ2n) is 4.35. The maximum atomic E-state index is 12.3. The number of hydrogen-bond donors (Lipinski definition) is 0. The zero-order valence-electron chi connectivity index (χ0n) is 10.8. The summed E-state index contributed by atoms with van der Waals surface area (Å²) < 4.78 is 4.95. The predicted molar refractivity (Wildman–Crippen MR) is 70.7 cm³/mol. The first-order valence-corrected chi connectivity index (χ1v) is 6.31. The largest absolute Gasteiger partial charge is 0.465 e. The standard InChI is InChI=1S/C14H17ClO3/c1-4-18-14(17)12(9(2)3)13(16)10-6-5-7-11(15)8-10/h5-9,12H,4H2,1-3H3/t12-/m1/s1. The molecule has 0 aliphatic rings. The molecule has 1 aromatic carbocycles. The highest BCUT2D eigenvalue weighted by Gasteiger charge is 2.31. The lowest BCUT2D eigenvalue weighted by molar-refractivity contribution is -0.147. The van der Waals surface area contributed by atoms with Crippen LogP contribution in [0.2, 0.25) is 5.02 Å². The molecule has 0 aromatic heterocycles. The number of Topliss-reactive ketones (excluding diaryl/α,β-unsaturated/α-hetero) is 1. The minimum absolute atomic E-state index is 0.115. The van der Waals surface area contributed by atoms with Crippen molar-refractivity contribution >= 4 is 23.4 Å². The van der Waals surface area contributed by atoms with Gasteiger partial charge in [-0.25, -0.2) is 0 Å². The highest BCUT2D eigenvalue weighted by Crippen LogP contribution is 2.21. The van der Waals surface area contributed by atoms with E-state index in [9.17, 15) is 9.59 Å². The molecule has 4 heteroatoms. The Hall–Kier alpha value is -1.35. The summed E-state index contributed by atoms with van der Waals surface area (Å²) in [5.41, 5.74) is 0.439. The summed E-state index contributed by atoms with van der Waals surface area (Å²) >= 11 is 5.85. The number of carbonyl (C=O) groups excluding carboxylic acids is 2. The first-order valence-electron chi connectivity index (χ1n) is 5.93. The Balaban J connectivity index is 3.00. The Morgan fingerprint density at radius 1 is 1.33 bits per heavy atom. The topological polar surface area (TPSA) is 43.4 Å². The molecule has 0 heterocycles. The van der Waals surface area contributed by atoms with Crippen LogP contribution in [0.4, 0.5) is 0 Å². The maximum Gasteiger partial charge on any atom is 0.317 e. The van der Waals surface area contributed by atoms with E-state index < -0.39 is 11.9 Å². The van der Waals surface area contributed by atoms with Gasteiger partial charge < -0.3 is 4.74 Å². The van der Waals surface area contributed by atoms with Crippen molar-refractivity contribution < 1.29 is 14.3 Å². The SMILES string of the molecule is CCOC(=O)[C@@H](C(=O)c1cccc(Cl)c1)C(C)C. The van der Waals surface area contributed by atoms with Crippen LogP contribution in [0, 0.1) is 11.8 Å². The second kappa shape index (κ2) is 6.55. The van der Waals surface area contributed by atoms with Crippen molar-refractivity contribution in [3.05, 3.63) is 34.9 Å². The lowest BCUT2D eigenvalue weighted by atomic mass is 9.88. The van der Waals surface area contributed by atoms with E-state index in [0.29, 0.717) is 10.6 Å². The lowest BCUT2D eigenvalue weighted by Gasteiger charge is -2.17. The number of esters is 1.